The van der Waals surface area contributed by atoms with E-state index < -0.39 is 28.5 Å². The van der Waals surface area contributed by atoms with Crippen LogP contribution >= 0.6 is 27.5 Å². The number of amides is 2. The lowest BCUT2D eigenvalue weighted by Crippen LogP contribution is -2.54. The summed E-state index contributed by atoms with van der Waals surface area (Å²) in [6, 6.07) is 28.6. The Labute approximate surface area is 296 Å². The standard InChI is InChI=1S/C37H39BrClN3O5S/c1-2-47-33-20-18-32(19-21-33)42(48(45,46)34-22-16-30(39)17-23-34)26-36(43)41(25-28-12-14-29(38)15-13-28)35(24-27-8-4-3-5-9-27)37(44)40-31-10-6-7-11-31/h3-5,8-9,12-23,31,35H,2,6-7,10-11,24-26H2,1H3,(H,40,44)/t35-/m0/s1. The Kier molecular flexibility index (Phi) is 12.2. The summed E-state index contributed by atoms with van der Waals surface area (Å²) in [6.45, 7) is 1.86. The van der Waals surface area contributed by atoms with Gasteiger partial charge in [-0.05, 0) is 91.6 Å². The molecule has 0 heterocycles. The van der Waals surface area contributed by atoms with E-state index in [2.05, 4.69) is 21.2 Å². The van der Waals surface area contributed by atoms with Crippen molar-refractivity contribution < 1.29 is 22.7 Å². The van der Waals surface area contributed by atoms with Crippen molar-refractivity contribution in [3.8, 4) is 5.75 Å². The van der Waals surface area contributed by atoms with Crippen LogP contribution in [0.15, 0.2) is 112 Å². The molecular formula is C37H39BrClN3O5S. The van der Waals surface area contributed by atoms with Gasteiger partial charge < -0.3 is 15.0 Å². The molecule has 0 unspecified atom stereocenters. The number of rotatable bonds is 14. The predicted molar refractivity (Wildman–Crippen MR) is 193 cm³/mol. The van der Waals surface area contributed by atoms with Gasteiger partial charge in [-0.25, -0.2) is 8.42 Å². The summed E-state index contributed by atoms with van der Waals surface area (Å²) in [4.78, 5) is 30.3. The number of ether oxygens (including phenoxy) is 1. The molecule has 8 nitrogen and oxygen atoms in total. The maximum Gasteiger partial charge on any atom is 0.264 e. The normalized spacial score (nSPS) is 13.9. The molecule has 1 saturated carbocycles. The van der Waals surface area contributed by atoms with Crippen LogP contribution < -0.4 is 14.4 Å². The van der Waals surface area contributed by atoms with Crippen LogP contribution in [-0.4, -0.2) is 50.4 Å². The number of hydrogen-bond donors (Lipinski definition) is 1. The molecule has 4 aromatic rings. The lowest BCUT2D eigenvalue weighted by Gasteiger charge is -2.34. The van der Waals surface area contributed by atoms with E-state index in [4.69, 9.17) is 16.3 Å². The van der Waals surface area contributed by atoms with Crippen molar-refractivity contribution in [2.45, 2.75) is 62.6 Å². The van der Waals surface area contributed by atoms with Crippen molar-refractivity contribution in [3.63, 3.8) is 0 Å². The molecule has 1 fully saturated rings. The first-order valence-corrected chi connectivity index (χ1v) is 18.6. The van der Waals surface area contributed by atoms with Crippen LogP contribution in [0.2, 0.25) is 5.02 Å². The van der Waals surface area contributed by atoms with E-state index in [9.17, 15) is 18.0 Å². The van der Waals surface area contributed by atoms with E-state index >= 15 is 0 Å². The lowest BCUT2D eigenvalue weighted by atomic mass is 10.0. The Morgan fingerprint density at radius 2 is 1.54 bits per heavy atom. The van der Waals surface area contributed by atoms with Gasteiger partial charge in [0.1, 0.15) is 18.3 Å². The fourth-order valence-electron chi connectivity index (χ4n) is 5.85. The third kappa shape index (κ3) is 9.18. The molecule has 0 bridgehead atoms. The molecule has 1 atom stereocenters. The van der Waals surface area contributed by atoms with E-state index in [0.29, 0.717) is 17.4 Å². The molecule has 1 N–H and O–H groups in total. The highest BCUT2D eigenvalue weighted by molar-refractivity contribution is 9.10. The van der Waals surface area contributed by atoms with Crippen LogP contribution in [0.4, 0.5) is 5.69 Å². The quantitative estimate of drug-likeness (QED) is 0.145. The molecule has 48 heavy (non-hydrogen) atoms. The van der Waals surface area contributed by atoms with E-state index in [1.165, 1.54) is 29.2 Å². The van der Waals surface area contributed by atoms with Gasteiger partial charge in [-0.15, -0.1) is 0 Å². The second-order valence-corrected chi connectivity index (χ2v) is 15.0. The molecule has 5 rings (SSSR count). The van der Waals surface area contributed by atoms with Gasteiger partial charge in [0.15, 0.2) is 0 Å². The number of hydrogen-bond acceptors (Lipinski definition) is 5. The molecule has 11 heteroatoms. The number of nitrogens with one attached hydrogen (secondary N) is 1. The number of anilines is 1. The zero-order chi connectivity index (χ0) is 34.1. The first kappa shape index (κ1) is 35.4. The van der Waals surface area contributed by atoms with Crippen molar-refractivity contribution in [2.24, 2.45) is 0 Å². The van der Waals surface area contributed by atoms with Gasteiger partial charge in [-0.2, -0.15) is 0 Å². The Morgan fingerprint density at radius 3 is 2.17 bits per heavy atom. The van der Waals surface area contributed by atoms with Crippen molar-refractivity contribution in [1.82, 2.24) is 10.2 Å². The summed E-state index contributed by atoms with van der Waals surface area (Å²) in [6.07, 6.45) is 4.10. The summed E-state index contributed by atoms with van der Waals surface area (Å²) in [5.41, 5.74) is 1.96. The van der Waals surface area contributed by atoms with Crippen molar-refractivity contribution in [2.75, 3.05) is 17.5 Å². The highest BCUT2D eigenvalue weighted by Crippen LogP contribution is 2.28. The van der Waals surface area contributed by atoms with Crippen molar-refractivity contribution in [3.05, 3.63) is 124 Å². The Balaban J connectivity index is 1.56. The zero-order valence-corrected chi connectivity index (χ0v) is 29.9. The van der Waals surface area contributed by atoms with Crippen LogP contribution in [0, 0.1) is 0 Å². The number of benzene rings is 4. The third-order valence-electron chi connectivity index (χ3n) is 8.36. The molecule has 4 aromatic carbocycles. The molecule has 0 aromatic heterocycles. The fourth-order valence-corrected chi connectivity index (χ4v) is 7.65. The smallest absolute Gasteiger partial charge is 0.264 e. The van der Waals surface area contributed by atoms with E-state index in [1.54, 1.807) is 24.3 Å². The Hall–Kier alpha value is -3.86. The molecule has 252 valence electrons. The molecule has 0 aliphatic heterocycles. The summed E-state index contributed by atoms with van der Waals surface area (Å²) < 4.78 is 36.0. The summed E-state index contributed by atoms with van der Waals surface area (Å²) in [7, 11) is -4.25. The van der Waals surface area contributed by atoms with Crippen molar-refractivity contribution >= 4 is 55.1 Å². The van der Waals surface area contributed by atoms with Gasteiger partial charge in [0, 0.05) is 28.5 Å². The number of carbonyl (C=O) groups excluding carboxylic acids is 2. The summed E-state index contributed by atoms with van der Waals surface area (Å²) in [5.74, 6) is -0.212. The molecule has 0 radical (unpaired) electrons. The van der Waals surface area contributed by atoms with Crippen molar-refractivity contribution in [1.29, 1.82) is 0 Å². The molecule has 0 saturated heterocycles. The van der Waals surface area contributed by atoms with Crippen LogP contribution in [0.25, 0.3) is 0 Å². The summed E-state index contributed by atoms with van der Waals surface area (Å²) in [5, 5.41) is 3.58. The van der Waals surface area contributed by atoms with Crippen LogP contribution in [-0.2, 0) is 32.6 Å². The molecular weight excluding hydrogens is 714 g/mol. The SMILES string of the molecule is CCOc1ccc(N(CC(=O)N(Cc2ccc(Br)cc2)[C@@H](Cc2ccccc2)C(=O)NC2CCCC2)S(=O)(=O)c2ccc(Cl)cc2)cc1. The largest absolute Gasteiger partial charge is 0.494 e. The van der Waals surface area contributed by atoms with Crippen LogP contribution in [0.1, 0.15) is 43.7 Å². The minimum atomic E-state index is -4.25. The number of nitrogens with zero attached hydrogens (tertiary/aromatic N) is 2. The van der Waals surface area contributed by atoms with Crippen LogP contribution in [0.3, 0.4) is 0 Å². The van der Waals surface area contributed by atoms with E-state index in [1.807, 2.05) is 61.5 Å². The molecule has 2 amide bonds. The van der Waals surface area contributed by atoms with Crippen LogP contribution in [0.5, 0.6) is 5.75 Å². The third-order valence-corrected chi connectivity index (χ3v) is 10.9. The van der Waals surface area contributed by atoms with E-state index in [-0.39, 0.29) is 35.5 Å². The number of halogens is 2. The van der Waals surface area contributed by atoms with Gasteiger partial charge in [-0.3, -0.25) is 13.9 Å². The minimum Gasteiger partial charge on any atom is -0.494 e. The highest BCUT2D eigenvalue weighted by atomic mass is 79.9. The molecule has 1 aliphatic rings. The fraction of sp³-hybridized carbons (Fsp3) is 0.297. The Bertz CT molecular complexity index is 1770. The Morgan fingerprint density at radius 1 is 0.896 bits per heavy atom. The second kappa shape index (κ2) is 16.5. The zero-order valence-electron chi connectivity index (χ0n) is 26.7. The second-order valence-electron chi connectivity index (χ2n) is 11.7. The van der Waals surface area contributed by atoms with Gasteiger partial charge in [0.05, 0.1) is 17.2 Å². The van der Waals surface area contributed by atoms with E-state index in [0.717, 1.165) is 45.6 Å². The molecule has 0 spiro atoms. The van der Waals surface area contributed by atoms with Gasteiger partial charge in [0.2, 0.25) is 11.8 Å². The first-order chi connectivity index (χ1) is 23.1. The average molecular weight is 753 g/mol. The number of carbonyl (C=O) groups is 2. The molecule has 1 aliphatic carbocycles. The maximum absolute atomic E-state index is 14.7. The monoisotopic (exact) mass is 751 g/mol. The predicted octanol–water partition coefficient (Wildman–Crippen LogP) is 7.40. The highest BCUT2D eigenvalue weighted by Gasteiger charge is 2.35. The van der Waals surface area contributed by atoms with Gasteiger partial charge >= 0.3 is 0 Å². The van der Waals surface area contributed by atoms with Gasteiger partial charge in [-0.1, -0.05) is 82.8 Å². The maximum atomic E-state index is 14.7. The van der Waals surface area contributed by atoms with Gasteiger partial charge in [0.25, 0.3) is 10.0 Å². The first-order valence-electron chi connectivity index (χ1n) is 16.0. The lowest BCUT2D eigenvalue weighted by molar-refractivity contribution is -0.140. The average Bonchev–Trinajstić information content (AvgIpc) is 3.60. The number of sulfonamides is 1. The minimum absolute atomic E-state index is 0.0205. The summed E-state index contributed by atoms with van der Waals surface area (Å²) >= 11 is 9.56. The topological polar surface area (TPSA) is 96.0 Å².